The maximum Gasteiger partial charge on any atom is 0.241 e. The SMILES string of the molecule is CC(C)Oc1ccc(S(=O)(=O)NC(C)(C)CON)cc1. The average Bonchev–Trinajstić information content (AvgIpc) is 2.27. The smallest absolute Gasteiger partial charge is 0.241 e. The van der Waals surface area contributed by atoms with Crippen molar-refractivity contribution in [1.82, 2.24) is 4.72 Å². The lowest BCUT2D eigenvalue weighted by atomic mass is 10.1. The molecule has 0 spiro atoms. The van der Waals surface area contributed by atoms with Gasteiger partial charge >= 0.3 is 0 Å². The number of sulfonamides is 1. The fourth-order valence-electron chi connectivity index (χ4n) is 1.63. The Labute approximate surface area is 120 Å². The van der Waals surface area contributed by atoms with Crippen LogP contribution >= 0.6 is 0 Å². The Morgan fingerprint density at radius 2 is 1.80 bits per heavy atom. The molecule has 0 bridgehead atoms. The lowest BCUT2D eigenvalue weighted by Gasteiger charge is -2.24. The van der Waals surface area contributed by atoms with Crippen LogP contribution in [0.1, 0.15) is 27.7 Å². The molecular formula is C13H22N2O4S. The molecule has 114 valence electrons. The molecule has 1 aromatic carbocycles. The lowest BCUT2D eigenvalue weighted by Crippen LogP contribution is -2.47. The number of benzene rings is 1. The first-order chi connectivity index (χ1) is 9.16. The molecule has 0 saturated carbocycles. The maximum atomic E-state index is 12.2. The third-order valence-electron chi connectivity index (χ3n) is 2.36. The van der Waals surface area contributed by atoms with E-state index in [1.165, 1.54) is 12.1 Å². The van der Waals surface area contributed by atoms with Gasteiger partial charge in [0, 0.05) is 0 Å². The first-order valence-electron chi connectivity index (χ1n) is 6.29. The van der Waals surface area contributed by atoms with Gasteiger partial charge in [-0.1, -0.05) is 0 Å². The van der Waals surface area contributed by atoms with Gasteiger partial charge in [0.25, 0.3) is 0 Å². The van der Waals surface area contributed by atoms with Gasteiger partial charge in [0.15, 0.2) is 0 Å². The summed E-state index contributed by atoms with van der Waals surface area (Å²) in [6.07, 6.45) is 0.0382. The molecule has 6 nitrogen and oxygen atoms in total. The van der Waals surface area contributed by atoms with Crippen molar-refractivity contribution in [1.29, 1.82) is 0 Å². The van der Waals surface area contributed by atoms with Crippen LogP contribution in [0.3, 0.4) is 0 Å². The molecule has 1 aromatic rings. The third-order valence-corrected chi connectivity index (χ3v) is 4.07. The van der Waals surface area contributed by atoms with E-state index in [9.17, 15) is 8.42 Å². The summed E-state index contributed by atoms with van der Waals surface area (Å²) < 4.78 is 32.4. The van der Waals surface area contributed by atoms with Crippen LogP contribution < -0.4 is 15.4 Å². The number of hydrogen-bond acceptors (Lipinski definition) is 5. The fraction of sp³-hybridized carbons (Fsp3) is 0.538. The van der Waals surface area contributed by atoms with Gasteiger partial charge in [0.1, 0.15) is 5.75 Å². The number of nitrogens with one attached hydrogen (secondary N) is 1. The zero-order valence-corrected chi connectivity index (χ0v) is 13.0. The van der Waals surface area contributed by atoms with E-state index in [0.717, 1.165) is 0 Å². The van der Waals surface area contributed by atoms with Crippen LogP contribution in [0.15, 0.2) is 29.2 Å². The predicted octanol–water partition coefficient (Wildman–Crippen LogP) is 1.42. The summed E-state index contributed by atoms with van der Waals surface area (Å²) in [5.74, 6) is 5.62. The minimum Gasteiger partial charge on any atom is -0.491 e. The van der Waals surface area contributed by atoms with Gasteiger partial charge in [0.05, 0.1) is 23.1 Å². The van der Waals surface area contributed by atoms with E-state index in [1.807, 2.05) is 13.8 Å². The topological polar surface area (TPSA) is 90.7 Å². The van der Waals surface area contributed by atoms with Gasteiger partial charge in [0.2, 0.25) is 10.0 Å². The Kier molecular flexibility index (Phi) is 5.52. The van der Waals surface area contributed by atoms with Gasteiger partial charge in [-0.05, 0) is 52.0 Å². The van der Waals surface area contributed by atoms with E-state index in [-0.39, 0.29) is 17.6 Å². The molecule has 0 unspecified atom stereocenters. The van der Waals surface area contributed by atoms with Gasteiger partial charge in [-0.25, -0.2) is 19.0 Å². The molecule has 0 aliphatic heterocycles. The van der Waals surface area contributed by atoms with Crippen molar-refractivity contribution >= 4 is 10.0 Å². The van der Waals surface area contributed by atoms with E-state index in [4.69, 9.17) is 10.6 Å². The Hall–Kier alpha value is -1.15. The highest BCUT2D eigenvalue weighted by molar-refractivity contribution is 7.89. The summed E-state index contributed by atoms with van der Waals surface area (Å²) in [7, 11) is -3.63. The Morgan fingerprint density at radius 3 is 2.25 bits per heavy atom. The van der Waals surface area contributed by atoms with Gasteiger partial charge in [-0.3, -0.25) is 0 Å². The van der Waals surface area contributed by atoms with Crippen molar-refractivity contribution in [2.45, 2.75) is 44.2 Å². The predicted molar refractivity (Wildman–Crippen MR) is 76.7 cm³/mol. The van der Waals surface area contributed by atoms with Crippen molar-refractivity contribution in [3.8, 4) is 5.75 Å². The zero-order chi connectivity index (χ0) is 15.4. The second-order valence-electron chi connectivity index (χ2n) is 5.44. The molecule has 1 rings (SSSR count). The molecule has 3 N–H and O–H groups in total. The number of rotatable bonds is 7. The molecule has 20 heavy (non-hydrogen) atoms. The molecule has 0 heterocycles. The van der Waals surface area contributed by atoms with Crippen LogP contribution in [0.5, 0.6) is 5.75 Å². The summed E-state index contributed by atoms with van der Waals surface area (Å²) in [4.78, 5) is 4.67. The van der Waals surface area contributed by atoms with Crippen molar-refractivity contribution in [3.05, 3.63) is 24.3 Å². The van der Waals surface area contributed by atoms with E-state index >= 15 is 0 Å². The Balaban J connectivity index is 2.88. The van der Waals surface area contributed by atoms with E-state index in [2.05, 4.69) is 9.56 Å². The van der Waals surface area contributed by atoms with Crippen molar-refractivity contribution in [2.24, 2.45) is 5.90 Å². The summed E-state index contributed by atoms with van der Waals surface area (Å²) >= 11 is 0. The van der Waals surface area contributed by atoms with Crippen LogP contribution in [0.2, 0.25) is 0 Å². The highest BCUT2D eigenvalue weighted by Crippen LogP contribution is 2.18. The van der Waals surface area contributed by atoms with Gasteiger partial charge < -0.3 is 9.57 Å². The quantitative estimate of drug-likeness (QED) is 0.743. The molecule has 0 fully saturated rings. The van der Waals surface area contributed by atoms with E-state index in [0.29, 0.717) is 5.75 Å². The summed E-state index contributed by atoms with van der Waals surface area (Å²) in [6.45, 7) is 7.26. The Morgan fingerprint density at radius 1 is 1.25 bits per heavy atom. The Bertz CT molecular complexity index is 524. The molecular weight excluding hydrogens is 280 g/mol. The molecule has 0 radical (unpaired) electrons. The van der Waals surface area contributed by atoms with E-state index < -0.39 is 15.6 Å². The van der Waals surface area contributed by atoms with E-state index in [1.54, 1.807) is 26.0 Å². The summed E-state index contributed by atoms with van der Waals surface area (Å²) in [6, 6.07) is 6.25. The number of nitrogens with two attached hydrogens (primary N) is 1. The molecule has 0 amide bonds. The number of hydrogen-bond donors (Lipinski definition) is 2. The van der Waals surface area contributed by atoms with Crippen LogP contribution in [0, 0.1) is 0 Å². The third kappa shape index (κ3) is 5.09. The summed E-state index contributed by atoms with van der Waals surface area (Å²) in [5.41, 5.74) is -0.791. The first kappa shape index (κ1) is 16.9. The number of ether oxygens (including phenoxy) is 1. The van der Waals surface area contributed by atoms with Crippen molar-refractivity contribution in [3.63, 3.8) is 0 Å². The first-order valence-corrected chi connectivity index (χ1v) is 7.77. The fourth-order valence-corrected chi connectivity index (χ4v) is 3.03. The minimum absolute atomic E-state index is 0.0382. The molecule has 0 atom stereocenters. The standard InChI is InChI=1S/C13H22N2O4S/c1-10(2)19-11-5-7-12(8-6-11)20(16,17)15-13(3,4)9-18-14/h5-8,10,15H,9,14H2,1-4H3. The average molecular weight is 302 g/mol. The van der Waals surface area contributed by atoms with Crippen LogP contribution in [-0.2, 0) is 14.9 Å². The molecule has 0 aromatic heterocycles. The van der Waals surface area contributed by atoms with Crippen molar-refractivity contribution < 1.29 is 18.0 Å². The molecule has 0 aliphatic rings. The van der Waals surface area contributed by atoms with Gasteiger partial charge in [-0.15, -0.1) is 0 Å². The molecule has 7 heteroatoms. The van der Waals surface area contributed by atoms with Crippen molar-refractivity contribution in [2.75, 3.05) is 6.61 Å². The monoisotopic (exact) mass is 302 g/mol. The normalized spacial score (nSPS) is 12.7. The largest absolute Gasteiger partial charge is 0.491 e. The van der Waals surface area contributed by atoms with Crippen LogP contribution in [-0.4, -0.2) is 26.7 Å². The summed E-state index contributed by atoms with van der Waals surface area (Å²) in [5, 5.41) is 0. The second kappa shape index (κ2) is 6.53. The van der Waals surface area contributed by atoms with Gasteiger partial charge in [-0.2, -0.15) is 0 Å². The highest BCUT2D eigenvalue weighted by Gasteiger charge is 2.26. The highest BCUT2D eigenvalue weighted by atomic mass is 32.2. The minimum atomic E-state index is -3.63. The second-order valence-corrected chi connectivity index (χ2v) is 7.12. The molecule has 0 saturated heterocycles. The maximum absolute atomic E-state index is 12.2. The zero-order valence-electron chi connectivity index (χ0n) is 12.2. The van der Waals surface area contributed by atoms with Crippen LogP contribution in [0.4, 0.5) is 0 Å². The lowest BCUT2D eigenvalue weighted by molar-refractivity contribution is 0.0929. The molecule has 0 aliphatic carbocycles. The van der Waals surface area contributed by atoms with Crippen LogP contribution in [0.25, 0.3) is 0 Å².